The third-order valence-corrected chi connectivity index (χ3v) is 9.06. The number of piperazine rings is 2. The summed E-state index contributed by atoms with van der Waals surface area (Å²) >= 11 is 1.10. The minimum absolute atomic E-state index is 0.148. The highest BCUT2D eigenvalue weighted by Gasteiger charge is 2.41. The number of thiophene rings is 1. The molecule has 1 atom stereocenters. The largest absolute Gasteiger partial charge is 0.497 e. The predicted octanol–water partition coefficient (Wildman–Crippen LogP) is 0.985. The lowest BCUT2D eigenvalue weighted by Gasteiger charge is -2.38. The average Bonchev–Trinajstić information content (AvgIpc) is 3.36. The summed E-state index contributed by atoms with van der Waals surface area (Å²) in [6, 6.07) is 9.90. The maximum absolute atomic E-state index is 13.0. The van der Waals surface area contributed by atoms with E-state index < -0.39 is 22.0 Å². The molecule has 0 spiro atoms. The van der Waals surface area contributed by atoms with Crippen molar-refractivity contribution in [3.05, 3.63) is 41.8 Å². The molecule has 2 aliphatic heterocycles. The normalized spacial score (nSPS) is 20.2. The Balaban J connectivity index is 1.40. The number of carbonyl (C=O) groups excluding carboxylic acids is 2. The van der Waals surface area contributed by atoms with Crippen LogP contribution in [0.25, 0.3) is 0 Å². The molecule has 4 rings (SSSR count). The minimum Gasteiger partial charge on any atom is -0.497 e. The van der Waals surface area contributed by atoms with E-state index in [1.807, 2.05) is 24.3 Å². The predicted molar refractivity (Wildman–Crippen MR) is 121 cm³/mol. The highest BCUT2D eigenvalue weighted by Crippen LogP contribution is 2.26. The molecule has 0 aliphatic carbocycles. The van der Waals surface area contributed by atoms with E-state index in [9.17, 15) is 18.0 Å². The van der Waals surface area contributed by atoms with Crippen molar-refractivity contribution in [3.8, 4) is 5.75 Å². The number of rotatable bonds is 6. The summed E-state index contributed by atoms with van der Waals surface area (Å²) in [5.74, 6) is 0.143. The van der Waals surface area contributed by atoms with Crippen molar-refractivity contribution >= 4 is 38.9 Å². The van der Waals surface area contributed by atoms with Crippen molar-refractivity contribution in [1.82, 2.24) is 14.5 Å². The molecule has 1 aromatic heterocycles. The Bertz CT molecular complexity index is 1050. The molecule has 2 fully saturated rings. The van der Waals surface area contributed by atoms with E-state index >= 15 is 0 Å². The van der Waals surface area contributed by atoms with Crippen LogP contribution in [0.5, 0.6) is 5.75 Å². The highest BCUT2D eigenvalue weighted by molar-refractivity contribution is 7.91. The van der Waals surface area contributed by atoms with Crippen LogP contribution in [-0.2, 0) is 19.6 Å². The molecule has 0 unspecified atom stereocenters. The van der Waals surface area contributed by atoms with Crippen molar-refractivity contribution in [2.45, 2.75) is 16.7 Å². The third-order valence-electron chi connectivity index (χ3n) is 5.78. The fourth-order valence-electron chi connectivity index (χ4n) is 4.00. The van der Waals surface area contributed by atoms with E-state index in [1.54, 1.807) is 23.5 Å². The van der Waals surface area contributed by atoms with Crippen LogP contribution in [0, 0.1) is 0 Å². The Morgan fingerprint density at radius 1 is 1.12 bits per heavy atom. The van der Waals surface area contributed by atoms with Crippen LogP contribution >= 0.6 is 11.3 Å². The second-order valence-electron chi connectivity index (χ2n) is 7.62. The molecule has 11 heteroatoms. The Morgan fingerprint density at radius 3 is 2.47 bits per heavy atom. The first-order chi connectivity index (χ1) is 15.4. The Morgan fingerprint density at radius 2 is 1.84 bits per heavy atom. The first-order valence-electron chi connectivity index (χ1n) is 10.4. The van der Waals surface area contributed by atoms with Crippen LogP contribution in [-0.4, -0.2) is 81.9 Å². The van der Waals surface area contributed by atoms with Crippen molar-refractivity contribution in [2.24, 2.45) is 0 Å². The summed E-state index contributed by atoms with van der Waals surface area (Å²) < 4.78 is 32.6. The summed E-state index contributed by atoms with van der Waals surface area (Å²) in [6.45, 7) is 2.72. The third kappa shape index (κ3) is 4.59. The first-order valence-corrected chi connectivity index (χ1v) is 12.7. The van der Waals surface area contributed by atoms with Gasteiger partial charge in [-0.05, 0) is 35.7 Å². The lowest BCUT2D eigenvalue weighted by molar-refractivity contribution is -0.137. The first kappa shape index (κ1) is 22.6. The van der Waals surface area contributed by atoms with Gasteiger partial charge in [-0.1, -0.05) is 6.07 Å². The van der Waals surface area contributed by atoms with E-state index in [-0.39, 0.29) is 29.6 Å². The molecule has 172 valence electrons. The van der Waals surface area contributed by atoms with Crippen molar-refractivity contribution in [2.75, 3.05) is 51.3 Å². The number of anilines is 1. The van der Waals surface area contributed by atoms with Gasteiger partial charge in [0, 0.05) is 45.0 Å². The number of ether oxygens (including phenoxy) is 1. The minimum atomic E-state index is -3.83. The molecule has 1 aromatic carbocycles. The molecule has 2 saturated heterocycles. The number of hydrogen-bond donors (Lipinski definition) is 1. The summed E-state index contributed by atoms with van der Waals surface area (Å²) in [5.41, 5.74) is 1.05. The molecule has 0 radical (unpaired) electrons. The molecule has 0 bridgehead atoms. The summed E-state index contributed by atoms with van der Waals surface area (Å²) in [5, 5.41) is 4.37. The molecule has 2 aliphatic rings. The molecule has 0 saturated carbocycles. The van der Waals surface area contributed by atoms with Gasteiger partial charge in [0.2, 0.25) is 11.8 Å². The average molecular weight is 479 g/mol. The van der Waals surface area contributed by atoms with Crippen molar-refractivity contribution in [1.29, 1.82) is 0 Å². The van der Waals surface area contributed by atoms with Crippen LogP contribution < -0.4 is 15.0 Å². The second-order valence-corrected chi connectivity index (χ2v) is 10.7. The smallest absolute Gasteiger partial charge is 0.253 e. The fraction of sp³-hybridized carbons (Fsp3) is 0.429. The monoisotopic (exact) mass is 478 g/mol. The lowest BCUT2D eigenvalue weighted by atomic mass is 10.1. The van der Waals surface area contributed by atoms with Gasteiger partial charge in [-0.25, -0.2) is 8.42 Å². The van der Waals surface area contributed by atoms with Crippen LogP contribution in [0.1, 0.15) is 6.42 Å². The number of sulfonamides is 1. The van der Waals surface area contributed by atoms with Crippen LogP contribution in [0.2, 0.25) is 0 Å². The zero-order valence-corrected chi connectivity index (χ0v) is 19.4. The van der Waals surface area contributed by atoms with Crippen molar-refractivity contribution < 1.29 is 22.7 Å². The highest BCUT2D eigenvalue weighted by atomic mass is 32.2. The standard InChI is InChI=1S/C21H26N4O5S2/c1-30-17-6-4-16(5-7-17)23-10-12-24(13-11-23)19(26)15-18-21(27)22-8-9-25(18)32(28,29)20-3-2-14-31-20/h2-7,14,18H,8-13,15H2,1H3,(H,22,27)/t18-/m1/s1. The van der Waals surface area contributed by atoms with Crippen LogP contribution in [0.4, 0.5) is 5.69 Å². The summed E-state index contributed by atoms with van der Waals surface area (Å²) in [4.78, 5) is 29.4. The maximum atomic E-state index is 13.0. The quantitative estimate of drug-likeness (QED) is 0.665. The zero-order valence-electron chi connectivity index (χ0n) is 17.8. The van der Waals surface area contributed by atoms with Gasteiger partial charge in [0.15, 0.2) is 0 Å². The summed E-state index contributed by atoms with van der Waals surface area (Å²) in [6.07, 6.45) is -0.168. The number of carbonyl (C=O) groups is 2. The molecule has 9 nitrogen and oxygen atoms in total. The van der Waals surface area contributed by atoms with E-state index in [1.165, 1.54) is 10.4 Å². The van der Waals surface area contributed by atoms with E-state index in [0.29, 0.717) is 26.2 Å². The van der Waals surface area contributed by atoms with Crippen molar-refractivity contribution in [3.63, 3.8) is 0 Å². The molecular formula is C21H26N4O5S2. The molecule has 32 heavy (non-hydrogen) atoms. The van der Waals surface area contributed by atoms with E-state index in [2.05, 4.69) is 10.2 Å². The van der Waals surface area contributed by atoms with Gasteiger partial charge < -0.3 is 19.9 Å². The van der Waals surface area contributed by atoms with Crippen LogP contribution in [0.3, 0.4) is 0 Å². The molecule has 3 heterocycles. The van der Waals surface area contributed by atoms with E-state index in [0.717, 1.165) is 22.8 Å². The molecule has 2 amide bonds. The molecular weight excluding hydrogens is 452 g/mol. The molecule has 1 N–H and O–H groups in total. The Hall–Kier alpha value is -2.63. The van der Waals surface area contributed by atoms with Gasteiger partial charge in [-0.15, -0.1) is 11.3 Å². The fourth-order valence-corrected chi connectivity index (χ4v) is 6.71. The number of nitrogens with zero attached hydrogens (tertiary/aromatic N) is 3. The van der Waals surface area contributed by atoms with Gasteiger partial charge in [-0.3, -0.25) is 9.59 Å². The number of hydrogen-bond acceptors (Lipinski definition) is 7. The van der Waals surface area contributed by atoms with E-state index in [4.69, 9.17) is 4.74 Å². The van der Waals surface area contributed by atoms with Crippen LogP contribution in [0.15, 0.2) is 46.0 Å². The maximum Gasteiger partial charge on any atom is 0.253 e. The topological polar surface area (TPSA) is 99.3 Å². The lowest BCUT2D eigenvalue weighted by Crippen LogP contribution is -2.59. The number of nitrogens with one attached hydrogen (secondary N) is 1. The zero-order chi connectivity index (χ0) is 22.7. The second kappa shape index (κ2) is 9.47. The van der Waals surface area contributed by atoms with Gasteiger partial charge in [0.05, 0.1) is 13.5 Å². The SMILES string of the molecule is COc1ccc(N2CCN(C(=O)C[C@@H]3C(=O)NCCN3S(=O)(=O)c3cccs3)CC2)cc1. The number of amides is 2. The van der Waals surface area contributed by atoms with Gasteiger partial charge in [0.25, 0.3) is 10.0 Å². The Kier molecular flexibility index (Phi) is 6.68. The Labute approximate surface area is 191 Å². The van der Waals surface area contributed by atoms with Gasteiger partial charge in [0.1, 0.15) is 16.0 Å². The number of benzene rings is 1. The molecule has 2 aromatic rings. The van der Waals surface area contributed by atoms with Gasteiger partial charge >= 0.3 is 0 Å². The number of methoxy groups -OCH3 is 1. The van der Waals surface area contributed by atoms with Gasteiger partial charge in [-0.2, -0.15) is 4.31 Å². The summed E-state index contributed by atoms with van der Waals surface area (Å²) in [7, 11) is -2.20.